The summed E-state index contributed by atoms with van der Waals surface area (Å²) in [6.07, 6.45) is 1.53. The van der Waals surface area contributed by atoms with E-state index in [4.69, 9.17) is 11.6 Å². The van der Waals surface area contributed by atoms with Gasteiger partial charge in [0, 0.05) is 25.7 Å². The van der Waals surface area contributed by atoms with E-state index in [1.165, 1.54) is 29.9 Å². The van der Waals surface area contributed by atoms with Gasteiger partial charge in [0.25, 0.3) is 5.56 Å². The van der Waals surface area contributed by atoms with Gasteiger partial charge in [-0.3, -0.25) is 4.79 Å². The lowest BCUT2D eigenvalue weighted by atomic mass is 9.96. The second-order valence-electron chi connectivity index (χ2n) is 6.64. The summed E-state index contributed by atoms with van der Waals surface area (Å²) in [5, 5.41) is 5.14. The minimum Gasteiger partial charge on any atom is -0.337 e. The maximum atomic E-state index is 14.2. The Labute approximate surface area is 169 Å². The Balaban J connectivity index is 1.80. The number of fused-ring (bicyclic) bond motifs is 1. The highest BCUT2D eigenvalue weighted by atomic mass is 35.5. The average molecular weight is 424 g/mol. The number of aryl methyl sites for hydroxylation is 1. The smallest absolute Gasteiger partial charge is 0.319 e. The molecule has 9 heteroatoms. The second-order valence-corrected chi connectivity index (χ2v) is 7.05. The zero-order chi connectivity index (χ0) is 21.3. The van der Waals surface area contributed by atoms with Crippen LogP contribution < -0.4 is 16.2 Å². The first-order chi connectivity index (χ1) is 13.7. The number of pyridine rings is 1. The third-order valence-electron chi connectivity index (χ3n) is 4.55. The van der Waals surface area contributed by atoms with E-state index in [1.54, 1.807) is 6.92 Å². The van der Waals surface area contributed by atoms with Crippen LogP contribution >= 0.6 is 11.6 Å². The molecular weight excluding hydrogens is 407 g/mol. The molecule has 0 unspecified atom stereocenters. The van der Waals surface area contributed by atoms with Crippen LogP contribution in [0.25, 0.3) is 10.8 Å². The molecule has 0 fully saturated rings. The van der Waals surface area contributed by atoms with Gasteiger partial charge in [0.2, 0.25) is 0 Å². The molecule has 3 rings (SSSR count). The molecule has 3 aromatic rings. The molecule has 0 aliphatic heterocycles. The van der Waals surface area contributed by atoms with Crippen molar-refractivity contribution in [1.29, 1.82) is 0 Å². The Morgan fingerprint density at radius 1 is 1.21 bits per heavy atom. The Morgan fingerprint density at radius 2 is 1.93 bits per heavy atom. The molecule has 0 saturated heterocycles. The summed E-state index contributed by atoms with van der Waals surface area (Å²) >= 11 is 5.88. The molecule has 2 N–H and O–H groups in total. The summed E-state index contributed by atoms with van der Waals surface area (Å²) in [6.45, 7) is 1.91. The number of aromatic nitrogens is 1. The summed E-state index contributed by atoms with van der Waals surface area (Å²) in [5.74, 6) is -3.16. The van der Waals surface area contributed by atoms with Crippen LogP contribution in [0.15, 0.2) is 41.3 Å². The molecule has 5 nitrogen and oxygen atoms in total. The van der Waals surface area contributed by atoms with E-state index < -0.39 is 29.0 Å². The summed E-state index contributed by atoms with van der Waals surface area (Å²) < 4.78 is 42.0. The fourth-order valence-corrected chi connectivity index (χ4v) is 3.23. The highest BCUT2D eigenvalue weighted by molar-refractivity contribution is 6.33. The lowest BCUT2D eigenvalue weighted by molar-refractivity contribution is 0.251. The molecule has 2 aromatic carbocycles. The van der Waals surface area contributed by atoms with Crippen LogP contribution in [0, 0.1) is 17.5 Å². The lowest BCUT2D eigenvalue weighted by Gasteiger charge is -2.17. The Bertz CT molecular complexity index is 1160. The van der Waals surface area contributed by atoms with Gasteiger partial charge in [0.05, 0.1) is 16.1 Å². The zero-order valence-corrected chi connectivity index (χ0v) is 16.3. The van der Waals surface area contributed by atoms with E-state index in [1.807, 2.05) is 0 Å². The average Bonchev–Trinajstić information content (AvgIpc) is 2.67. The number of halogens is 4. The fraction of sp³-hybridized carbons (Fsp3) is 0.200. The van der Waals surface area contributed by atoms with Gasteiger partial charge >= 0.3 is 6.03 Å². The molecule has 0 radical (unpaired) electrons. The molecule has 0 spiro atoms. The van der Waals surface area contributed by atoms with Crippen molar-refractivity contribution in [2.24, 2.45) is 7.05 Å². The largest absolute Gasteiger partial charge is 0.337 e. The van der Waals surface area contributed by atoms with E-state index >= 15 is 0 Å². The van der Waals surface area contributed by atoms with Crippen molar-refractivity contribution in [2.75, 3.05) is 11.9 Å². The van der Waals surface area contributed by atoms with E-state index in [9.17, 15) is 22.8 Å². The van der Waals surface area contributed by atoms with Gasteiger partial charge in [-0.2, -0.15) is 0 Å². The molecule has 1 heterocycles. The van der Waals surface area contributed by atoms with Gasteiger partial charge in [-0.1, -0.05) is 24.6 Å². The van der Waals surface area contributed by atoms with Gasteiger partial charge in [0.1, 0.15) is 5.82 Å². The molecule has 152 valence electrons. The number of carbonyl (C=O) groups is 1. The molecular formula is C20H17ClF3N3O2. The number of hydrogen-bond donors (Lipinski definition) is 2. The highest BCUT2D eigenvalue weighted by Crippen LogP contribution is 2.26. The van der Waals surface area contributed by atoms with Crippen molar-refractivity contribution in [1.82, 2.24) is 9.88 Å². The van der Waals surface area contributed by atoms with Crippen LogP contribution in [-0.2, 0) is 7.05 Å². The monoisotopic (exact) mass is 423 g/mol. The normalized spacial score (nSPS) is 12.1. The molecule has 0 saturated carbocycles. The van der Waals surface area contributed by atoms with E-state index in [2.05, 4.69) is 10.6 Å². The van der Waals surface area contributed by atoms with Crippen LogP contribution in [0.2, 0.25) is 5.02 Å². The van der Waals surface area contributed by atoms with Crippen molar-refractivity contribution < 1.29 is 18.0 Å². The highest BCUT2D eigenvalue weighted by Gasteiger charge is 2.19. The molecule has 1 atom stereocenters. The van der Waals surface area contributed by atoms with Crippen molar-refractivity contribution in [3.8, 4) is 0 Å². The van der Waals surface area contributed by atoms with Crippen molar-refractivity contribution in [2.45, 2.75) is 12.8 Å². The van der Waals surface area contributed by atoms with Crippen molar-refractivity contribution >= 4 is 34.1 Å². The number of amides is 2. The number of nitrogens with one attached hydrogen (secondary N) is 2. The van der Waals surface area contributed by atoms with Gasteiger partial charge in [0.15, 0.2) is 11.6 Å². The summed E-state index contributed by atoms with van der Waals surface area (Å²) in [7, 11) is 1.44. The van der Waals surface area contributed by atoms with E-state index in [-0.39, 0.29) is 33.9 Å². The maximum Gasteiger partial charge on any atom is 0.319 e. The number of carbonyl (C=O) groups excluding carboxylic acids is 1. The number of benzene rings is 2. The molecule has 1 aromatic heterocycles. The summed E-state index contributed by atoms with van der Waals surface area (Å²) in [5.41, 5.74) is 0.161. The van der Waals surface area contributed by atoms with E-state index in [0.717, 1.165) is 18.2 Å². The van der Waals surface area contributed by atoms with Crippen LogP contribution in [0.4, 0.5) is 23.7 Å². The van der Waals surface area contributed by atoms with Gasteiger partial charge in [-0.15, -0.1) is 0 Å². The standard InChI is InChI=1S/C20H17ClF3N3O2/c1-10(8-25-20(29)26-16-6-3-11(22)7-14(16)21)13-9-27(2)19(28)17-12(13)4-5-15(23)18(17)24/h3-7,9-10H,8H2,1-2H3,(H2,25,26,29)/t10-/m0/s1. The van der Waals surface area contributed by atoms with Gasteiger partial charge in [-0.25, -0.2) is 18.0 Å². The molecule has 0 aliphatic rings. The first-order valence-electron chi connectivity index (χ1n) is 8.66. The Hall–Kier alpha value is -3.00. The Kier molecular flexibility index (Phi) is 5.83. The minimum absolute atomic E-state index is 0.0507. The van der Waals surface area contributed by atoms with Crippen LogP contribution in [0.1, 0.15) is 18.4 Å². The summed E-state index contributed by atoms with van der Waals surface area (Å²) in [4.78, 5) is 24.4. The van der Waals surface area contributed by atoms with E-state index in [0.29, 0.717) is 5.56 Å². The number of anilines is 1. The molecule has 2 amide bonds. The van der Waals surface area contributed by atoms with Crippen LogP contribution in [0.5, 0.6) is 0 Å². The Morgan fingerprint density at radius 3 is 2.62 bits per heavy atom. The molecule has 0 aliphatic carbocycles. The summed E-state index contributed by atoms with van der Waals surface area (Å²) in [6, 6.07) is 5.30. The predicted octanol–water partition coefficient (Wildman–Crippen LogP) is 4.53. The maximum absolute atomic E-state index is 14.2. The minimum atomic E-state index is -1.20. The van der Waals surface area contributed by atoms with Gasteiger partial charge in [-0.05, 0) is 35.2 Å². The molecule has 0 bridgehead atoms. The second kappa shape index (κ2) is 8.16. The third kappa shape index (κ3) is 4.22. The molecule has 29 heavy (non-hydrogen) atoms. The SMILES string of the molecule is C[C@@H](CNC(=O)Nc1ccc(F)cc1Cl)c1cn(C)c(=O)c2c(F)c(F)ccc12. The lowest BCUT2D eigenvalue weighted by Crippen LogP contribution is -2.32. The van der Waals surface area contributed by atoms with Gasteiger partial charge < -0.3 is 15.2 Å². The van der Waals surface area contributed by atoms with Crippen molar-refractivity contribution in [3.63, 3.8) is 0 Å². The zero-order valence-electron chi connectivity index (χ0n) is 15.5. The number of nitrogens with zero attached hydrogens (tertiary/aromatic N) is 1. The van der Waals surface area contributed by atoms with Crippen LogP contribution in [-0.4, -0.2) is 17.1 Å². The first kappa shape index (κ1) is 20.7. The fourth-order valence-electron chi connectivity index (χ4n) is 3.02. The third-order valence-corrected chi connectivity index (χ3v) is 4.86. The predicted molar refractivity (Wildman–Crippen MR) is 106 cm³/mol. The quantitative estimate of drug-likeness (QED) is 0.647. The number of rotatable bonds is 4. The topological polar surface area (TPSA) is 63.1 Å². The first-order valence-corrected chi connectivity index (χ1v) is 9.04. The number of urea groups is 1. The van der Waals surface area contributed by atoms with Crippen molar-refractivity contribution in [3.05, 3.63) is 74.9 Å². The van der Waals surface area contributed by atoms with Crippen LogP contribution in [0.3, 0.4) is 0 Å². The number of hydrogen-bond acceptors (Lipinski definition) is 2.